The van der Waals surface area contributed by atoms with Crippen LogP contribution in [0.1, 0.15) is 32.8 Å². The standard InChI is InChI=1S/C22H34N6O2/c1-22(2,3)20(23-4)21(30)28-14-17(29)12-19(28)26-24-13-15-6-8-16(9-7-15)18-10-11-25-27(18)5/h6-11,17,19-20,23-24,26,29H,12-14H2,1-5H3/t17-,19+,20-/m1/s1. The fraction of sp³-hybridized carbons (Fsp3) is 0.545. The number of carbonyl (C=O) groups is 1. The topological polar surface area (TPSA) is 94.5 Å². The first kappa shape index (κ1) is 22.4. The lowest BCUT2D eigenvalue weighted by Crippen LogP contribution is -2.57. The quantitative estimate of drug-likeness (QED) is 0.509. The third-order valence-corrected chi connectivity index (χ3v) is 5.60. The summed E-state index contributed by atoms with van der Waals surface area (Å²) in [6.45, 7) is 7.05. The number of nitrogens with one attached hydrogen (secondary N) is 3. The lowest BCUT2D eigenvalue weighted by Gasteiger charge is -2.35. The van der Waals surface area contributed by atoms with Crippen molar-refractivity contribution < 1.29 is 9.90 Å². The number of aliphatic hydroxyl groups is 1. The Morgan fingerprint density at radius 2 is 1.97 bits per heavy atom. The molecule has 30 heavy (non-hydrogen) atoms. The predicted molar refractivity (Wildman–Crippen MR) is 117 cm³/mol. The number of likely N-dealkylation sites (tertiary alicyclic amines) is 1. The van der Waals surface area contributed by atoms with E-state index in [1.807, 2.05) is 38.6 Å². The second-order valence-corrected chi connectivity index (χ2v) is 9.02. The number of aliphatic hydroxyl groups excluding tert-OH is 1. The summed E-state index contributed by atoms with van der Waals surface area (Å²) in [6, 6.07) is 9.96. The first-order chi connectivity index (χ1) is 14.2. The zero-order chi connectivity index (χ0) is 21.9. The van der Waals surface area contributed by atoms with Gasteiger partial charge < -0.3 is 15.3 Å². The molecule has 3 atom stereocenters. The van der Waals surface area contributed by atoms with Crippen LogP contribution in [0.2, 0.25) is 0 Å². The third kappa shape index (κ3) is 5.07. The van der Waals surface area contributed by atoms with Crippen molar-refractivity contribution in [2.24, 2.45) is 12.5 Å². The minimum Gasteiger partial charge on any atom is -0.391 e. The molecule has 1 saturated heterocycles. The van der Waals surface area contributed by atoms with Crippen molar-refractivity contribution in [3.63, 3.8) is 0 Å². The number of hydrazine groups is 1. The van der Waals surface area contributed by atoms with Crippen LogP contribution in [0.15, 0.2) is 36.5 Å². The van der Waals surface area contributed by atoms with E-state index in [4.69, 9.17) is 0 Å². The van der Waals surface area contributed by atoms with Gasteiger partial charge in [-0.3, -0.25) is 14.9 Å². The number of carbonyl (C=O) groups excluding carboxylic acids is 1. The molecule has 0 unspecified atom stereocenters. The molecule has 2 aromatic rings. The third-order valence-electron chi connectivity index (χ3n) is 5.60. The molecule has 3 rings (SSSR count). The van der Waals surface area contributed by atoms with Crippen LogP contribution < -0.4 is 16.2 Å². The van der Waals surface area contributed by atoms with Gasteiger partial charge in [-0.05, 0) is 29.7 Å². The van der Waals surface area contributed by atoms with Crippen molar-refractivity contribution in [2.75, 3.05) is 13.6 Å². The number of hydrogen-bond donors (Lipinski definition) is 4. The summed E-state index contributed by atoms with van der Waals surface area (Å²) < 4.78 is 1.85. The van der Waals surface area contributed by atoms with E-state index in [9.17, 15) is 9.90 Å². The number of aromatic nitrogens is 2. The van der Waals surface area contributed by atoms with E-state index in [-0.39, 0.29) is 23.5 Å². The van der Waals surface area contributed by atoms with Crippen molar-refractivity contribution in [1.82, 2.24) is 30.8 Å². The number of β-amino-alcohol motifs (C(OH)–C–C–N with tert-alkyl or cyclic N) is 1. The van der Waals surface area contributed by atoms with Gasteiger partial charge in [-0.25, -0.2) is 5.43 Å². The molecule has 0 saturated carbocycles. The molecule has 1 aliphatic heterocycles. The molecule has 0 bridgehead atoms. The lowest BCUT2D eigenvalue weighted by molar-refractivity contribution is -0.137. The average molecular weight is 415 g/mol. The molecule has 0 aliphatic carbocycles. The summed E-state index contributed by atoms with van der Waals surface area (Å²) >= 11 is 0. The van der Waals surface area contributed by atoms with Gasteiger partial charge in [0.15, 0.2) is 0 Å². The number of rotatable bonds is 7. The average Bonchev–Trinajstić information content (AvgIpc) is 3.27. The van der Waals surface area contributed by atoms with E-state index in [0.717, 1.165) is 16.8 Å². The molecule has 1 amide bonds. The molecule has 8 nitrogen and oxygen atoms in total. The van der Waals surface area contributed by atoms with Crippen molar-refractivity contribution in [3.05, 3.63) is 42.1 Å². The normalized spacial score (nSPS) is 20.5. The van der Waals surface area contributed by atoms with Gasteiger partial charge in [-0.2, -0.15) is 5.10 Å². The fourth-order valence-electron chi connectivity index (χ4n) is 4.01. The van der Waals surface area contributed by atoms with Crippen LogP contribution in [0.5, 0.6) is 0 Å². The zero-order valence-electron chi connectivity index (χ0n) is 18.5. The Bertz CT molecular complexity index is 842. The number of likely N-dealkylation sites (N-methyl/N-ethyl adjacent to an activating group) is 1. The Labute approximate surface area is 178 Å². The molecule has 2 heterocycles. The number of nitrogens with zero attached hydrogens (tertiary/aromatic N) is 3. The van der Waals surface area contributed by atoms with Gasteiger partial charge in [0, 0.05) is 32.8 Å². The van der Waals surface area contributed by atoms with Crippen molar-refractivity contribution in [3.8, 4) is 11.3 Å². The smallest absolute Gasteiger partial charge is 0.241 e. The van der Waals surface area contributed by atoms with Crippen molar-refractivity contribution in [2.45, 2.75) is 52.0 Å². The Hall–Kier alpha value is -2.26. The van der Waals surface area contributed by atoms with Gasteiger partial charge in [0.05, 0.1) is 24.0 Å². The van der Waals surface area contributed by atoms with Crippen LogP contribution in [-0.2, 0) is 18.4 Å². The van der Waals surface area contributed by atoms with Crippen LogP contribution in [0, 0.1) is 5.41 Å². The number of amides is 1. The lowest BCUT2D eigenvalue weighted by atomic mass is 9.86. The summed E-state index contributed by atoms with van der Waals surface area (Å²) in [7, 11) is 3.73. The molecule has 8 heteroatoms. The van der Waals surface area contributed by atoms with Gasteiger partial charge in [-0.15, -0.1) is 0 Å². The Morgan fingerprint density at radius 1 is 1.27 bits per heavy atom. The van der Waals surface area contributed by atoms with E-state index >= 15 is 0 Å². The predicted octanol–water partition coefficient (Wildman–Crippen LogP) is 1.23. The van der Waals surface area contributed by atoms with Crippen LogP contribution >= 0.6 is 0 Å². The summed E-state index contributed by atoms with van der Waals surface area (Å²) in [5.41, 5.74) is 9.53. The SMILES string of the molecule is CN[C@H](C(=O)N1C[C@H](O)C[C@H]1NNCc1ccc(-c2ccnn2C)cc1)C(C)(C)C. The molecule has 1 aliphatic rings. The minimum absolute atomic E-state index is 0.00128. The van der Waals surface area contributed by atoms with Crippen LogP contribution in [0.4, 0.5) is 0 Å². The van der Waals surface area contributed by atoms with E-state index in [0.29, 0.717) is 19.5 Å². The molecule has 1 fully saturated rings. The van der Waals surface area contributed by atoms with E-state index < -0.39 is 6.10 Å². The van der Waals surface area contributed by atoms with Gasteiger partial charge in [0.2, 0.25) is 5.91 Å². The summed E-state index contributed by atoms with van der Waals surface area (Å²) in [6.07, 6.45) is 1.51. The summed E-state index contributed by atoms with van der Waals surface area (Å²) in [5.74, 6) is 0.00128. The second-order valence-electron chi connectivity index (χ2n) is 9.02. The largest absolute Gasteiger partial charge is 0.391 e. The van der Waals surface area contributed by atoms with Crippen molar-refractivity contribution in [1.29, 1.82) is 0 Å². The number of hydrogen-bond acceptors (Lipinski definition) is 6. The van der Waals surface area contributed by atoms with Crippen molar-refractivity contribution >= 4 is 5.91 Å². The second kappa shape index (κ2) is 9.26. The highest BCUT2D eigenvalue weighted by molar-refractivity contribution is 5.83. The van der Waals surface area contributed by atoms with Crippen LogP contribution in [0.3, 0.4) is 0 Å². The highest BCUT2D eigenvalue weighted by atomic mass is 16.3. The maximum Gasteiger partial charge on any atom is 0.241 e. The molecule has 1 aromatic carbocycles. The Balaban J connectivity index is 1.58. The van der Waals surface area contributed by atoms with Gasteiger partial charge in [-0.1, -0.05) is 45.0 Å². The summed E-state index contributed by atoms with van der Waals surface area (Å²) in [5, 5.41) is 17.5. The highest BCUT2D eigenvalue weighted by Crippen LogP contribution is 2.25. The monoisotopic (exact) mass is 414 g/mol. The summed E-state index contributed by atoms with van der Waals surface area (Å²) in [4.78, 5) is 14.8. The van der Waals surface area contributed by atoms with E-state index in [1.54, 1.807) is 18.1 Å². The van der Waals surface area contributed by atoms with Gasteiger partial charge in [0.25, 0.3) is 0 Å². The fourth-order valence-corrected chi connectivity index (χ4v) is 4.01. The Kier molecular flexibility index (Phi) is 6.92. The maximum atomic E-state index is 13.1. The number of aryl methyl sites for hydroxylation is 1. The molecule has 0 spiro atoms. The minimum atomic E-state index is -0.524. The first-order valence-electron chi connectivity index (χ1n) is 10.4. The molecular formula is C22H34N6O2. The van der Waals surface area contributed by atoms with E-state index in [1.165, 1.54) is 0 Å². The first-order valence-corrected chi connectivity index (χ1v) is 10.4. The van der Waals surface area contributed by atoms with E-state index in [2.05, 4.69) is 45.5 Å². The molecule has 1 aromatic heterocycles. The van der Waals surface area contributed by atoms with Gasteiger partial charge in [0.1, 0.15) is 0 Å². The maximum absolute atomic E-state index is 13.1. The van der Waals surface area contributed by atoms with Crippen LogP contribution in [0.25, 0.3) is 11.3 Å². The molecule has 4 N–H and O–H groups in total. The van der Waals surface area contributed by atoms with Gasteiger partial charge >= 0.3 is 0 Å². The number of benzene rings is 1. The molecule has 0 radical (unpaired) electrons. The zero-order valence-corrected chi connectivity index (χ0v) is 18.5. The van der Waals surface area contributed by atoms with Crippen LogP contribution in [-0.4, -0.2) is 57.6 Å². The Morgan fingerprint density at radius 3 is 2.53 bits per heavy atom. The molecular weight excluding hydrogens is 380 g/mol. The highest BCUT2D eigenvalue weighted by Gasteiger charge is 2.40. The molecule has 164 valence electrons.